The van der Waals surface area contributed by atoms with Crippen molar-refractivity contribution in [2.45, 2.75) is 76.0 Å². The van der Waals surface area contributed by atoms with Crippen LogP contribution in [-0.4, -0.2) is 128 Å². The Morgan fingerprint density at radius 2 is 1.23 bits per heavy atom. The van der Waals surface area contributed by atoms with Crippen LogP contribution in [0.5, 0.6) is 28.7 Å². The highest BCUT2D eigenvalue weighted by Crippen LogP contribution is 2.34. The first-order valence-corrected chi connectivity index (χ1v) is 17.9. The van der Waals surface area contributed by atoms with Crippen LogP contribution in [0.25, 0.3) is 0 Å². The highest BCUT2D eigenvalue weighted by atomic mass is 16.5. The van der Waals surface area contributed by atoms with Crippen LogP contribution >= 0.6 is 0 Å². The van der Waals surface area contributed by atoms with Gasteiger partial charge in [0.15, 0.2) is 23.0 Å². The summed E-state index contributed by atoms with van der Waals surface area (Å²) < 4.78 is 5.90. The van der Waals surface area contributed by atoms with E-state index >= 15 is 0 Å². The van der Waals surface area contributed by atoms with Crippen molar-refractivity contribution in [1.82, 2.24) is 30.7 Å². The number of phenols is 3. The molecule has 3 aromatic carbocycles. The number of fused-ring (bicyclic) bond motifs is 2. The second-order valence-electron chi connectivity index (χ2n) is 14.2. The number of carbonyl (C=O) groups is 6. The Labute approximate surface area is 322 Å². The number of carbonyl (C=O) groups excluding carboxylic acids is 6. The summed E-state index contributed by atoms with van der Waals surface area (Å²) in [5, 5.41) is 50.1. The van der Waals surface area contributed by atoms with Gasteiger partial charge in [-0.15, -0.1) is 0 Å². The quantitative estimate of drug-likeness (QED) is 0.176. The molecule has 6 amide bonds. The summed E-state index contributed by atoms with van der Waals surface area (Å²) in [5.74, 6) is -5.46. The molecule has 6 unspecified atom stereocenters. The van der Waals surface area contributed by atoms with Crippen molar-refractivity contribution in [3.63, 3.8) is 0 Å². The van der Waals surface area contributed by atoms with Crippen molar-refractivity contribution < 1.29 is 53.9 Å². The van der Waals surface area contributed by atoms with E-state index in [0.29, 0.717) is 11.1 Å². The van der Waals surface area contributed by atoms with E-state index in [1.54, 1.807) is 0 Å². The highest BCUT2D eigenvalue weighted by Gasteiger charge is 2.42. The fourth-order valence-electron chi connectivity index (χ4n) is 6.69. The number of hydrogen-bond acceptors (Lipinski definition) is 11. The minimum absolute atomic E-state index is 0.0569. The van der Waals surface area contributed by atoms with Gasteiger partial charge in [-0.1, -0.05) is 24.3 Å². The van der Waals surface area contributed by atoms with Crippen molar-refractivity contribution in [1.29, 1.82) is 0 Å². The topological polar surface area (TPSA) is 238 Å². The fourth-order valence-corrected chi connectivity index (χ4v) is 6.69. The Balaban J connectivity index is 1.61. The van der Waals surface area contributed by atoms with Crippen molar-refractivity contribution in [3.8, 4) is 28.7 Å². The lowest BCUT2D eigenvalue weighted by Crippen LogP contribution is -2.62. The number of amides is 6. The molecule has 3 heterocycles. The summed E-state index contributed by atoms with van der Waals surface area (Å²) in [4.78, 5) is 87.1. The third kappa shape index (κ3) is 8.62. The third-order valence-electron chi connectivity index (χ3n) is 10.1. The molecule has 7 N–H and O–H groups in total. The van der Waals surface area contributed by atoms with Gasteiger partial charge in [0.25, 0.3) is 0 Å². The zero-order valence-corrected chi connectivity index (χ0v) is 31.7. The largest absolute Gasteiger partial charge is 0.504 e. The summed E-state index contributed by atoms with van der Waals surface area (Å²) in [7, 11) is 3.91. The summed E-state index contributed by atoms with van der Waals surface area (Å²) in [6.07, 6.45) is -2.03. The van der Waals surface area contributed by atoms with Crippen LogP contribution in [0, 0.1) is 0 Å². The number of aliphatic hydroxyl groups excluding tert-OH is 1. The maximum Gasteiger partial charge on any atom is 0.248 e. The van der Waals surface area contributed by atoms with E-state index in [9.17, 15) is 49.2 Å². The molecule has 17 heteroatoms. The van der Waals surface area contributed by atoms with Gasteiger partial charge in [-0.25, -0.2) is 0 Å². The molecule has 17 nitrogen and oxygen atoms in total. The van der Waals surface area contributed by atoms with Gasteiger partial charge in [-0.05, 0) is 73.9 Å². The third-order valence-corrected chi connectivity index (χ3v) is 10.1. The molecule has 0 radical (unpaired) electrons. The summed E-state index contributed by atoms with van der Waals surface area (Å²) in [6.45, 7) is 4.12. The molecule has 1 fully saturated rings. The normalized spacial score (nSPS) is 25.8. The predicted molar refractivity (Wildman–Crippen MR) is 199 cm³/mol. The van der Waals surface area contributed by atoms with E-state index in [2.05, 4.69) is 16.0 Å². The minimum atomic E-state index is -1.68. The first-order valence-electron chi connectivity index (χ1n) is 17.9. The summed E-state index contributed by atoms with van der Waals surface area (Å²) in [6, 6.07) is 6.07. The van der Waals surface area contributed by atoms with Crippen LogP contribution in [0.4, 0.5) is 0 Å². The molecule has 0 aromatic heterocycles. The standard InChI is InChI=1S/C39H46N6O11/c1-19-34(50)41-20(2)37(53)43(4)26(15-22-7-13-28(46)30(48)17-22)36(52)42-21(3)38(54)45(6)32-33(49)24-9-11-25(12-10-24)56-31-18-23(8-14-29(31)47)16-27(35(51)40-19)44(5)39(32)55/h7-14,17-21,26-27,32-33,46-49H,15-16H2,1-6H3,(H,40,51)(H,41,50)(H,42,52)/t19?,20?,21?,26?,27?,32?,33-/m1/s1. The second-order valence-corrected chi connectivity index (χ2v) is 14.2. The number of rotatable bonds is 2. The summed E-state index contributed by atoms with van der Waals surface area (Å²) in [5.41, 5.74) is 0.982. The lowest BCUT2D eigenvalue weighted by molar-refractivity contribution is -0.153. The molecule has 3 aliphatic heterocycles. The summed E-state index contributed by atoms with van der Waals surface area (Å²) >= 11 is 0. The Bertz CT molecular complexity index is 2020. The zero-order valence-electron chi connectivity index (χ0n) is 31.7. The number of aromatic hydroxyl groups is 3. The number of nitrogens with zero attached hydrogens (tertiary/aromatic N) is 3. The molecule has 6 bridgehead atoms. The van der Waals surface area contributed by atoms with Gasteiger partial charge in [0, 0.05) is 34.0 Å². The average molecular weight is 775 g/mol. The number of ether oxygens (including phenoxy) is 1. The van der Waals surface area contributed by atoms with Crippen molar-refractivity contribution in [2.75, 3.05) is 21.1 Å². The van der Waals surface area contributed by atoms with E-state index in [0.717, 1.165) is 14.7 Å². The first-order chi connectivity index (χ1) is 26.4. The Hall–Kier alpha value is -6.36. The van der Waals surface area contributed by atoms with E-state index in [1.165, 1.54) is 103 Å². The van der Waals surface area contributed by atoms with Crippen LogP contribution < -0.4 is 20.7 Å². The Kier molecular flexibility index (Phi) is 12.1. The maximum absolute atomic E-state index is 14.6. The van der Waals surface area contributed by atoms with Gasteiger partial charge in [0.05, 0.1) is 0 Å². The van der Waals surface area contributed by atoms with Crippen LogP contribution in [0.15, 0.2) is 60.7 Å². The predicted octanol–water partition coefficient (Wildman–Crippen LogP) is 0.437. The van der Waals surface area contributed by atoms with Crippen LogP contribution in [0.1, 0.15) is 43.6 Å². The van der Waals surface area contributed by atoms with Gasteiger partial charge in [-0.3, -0.25) is 28.8 Å². The molecule has 1 saturated heterocycles. The Morgan fingerprint density at radius 3 is 1.88 bits per heavy atom. The monoisotopic (exact) mass is 774 g/mol. The first kappa shape index (κ1) is 40.8. The number of nitrogens with one attached hydrogen (secondary N) is 3. The zero-order chi connectivity index (χ0) is 41.2. The number of hydrogen-bond donors (Lipinski definition) is 7. The van der Waals surface area contributed by atoms with Crippen LogP contribution in [0.3, 0.4) is 0 Å². The minimum Gasteiger partial charge on any atom is -0.504 e. The molecular formula is C39H46N6O11. The molecule has 0 aliphatic carbocycles. The van der Waals surface area contributed by atoms with Gasteiger partial charge < -0.3 is 55.8 Å². The maximum atomic E-state index is 14.6. The second kappa shape index (κ2) is 16.6. The lowest BCUT2D eigenvalue weighted by atomic mass is 9.96. The van der Waals surface area contributed by atoms with Crippen molar-refractivity contribution >= 4 is 35.4 Å². The van der Waals surface area contributed by atoms with Crippen LogP contribution in [-0.2, 0) is 41.6 Å². The fraction of sp³-hybridized carbons (Fsp3) is 0.385. The van der Waals surface area contributed by atoms with Crippen LogP contribution in [0.2, 0.25) is 0 Å². The molecule has 7 atom stereocenters. The molecule has 0 spiro atoms. The van der Waals surface area contributed by atoms with E-state index in [-0.39, 0.29) is 35.7 Å². The number of phenolic OH excluding ortho intramolecular Hbond substituents is 3. The SMILES string of the molecule is CC1NC(=O)C2Cc3ccc(O)c(c3)Oc3ccc(cc3)[C@@H](O)C(C(=O)N2C)N(C)C(=O)C(C)NC(=O)C(Cc2ccc(O)c(O)c2)N(C)C(=O)C(C)NC1=O. The molecule has 3 aromatic rings. The Morgan fingerprint density at radius 1 is 0.643 bits per heavy atom. The van der Waals surface area contributed by atoms with Gasteiger partial charge in [-0.2, -0.15) is 0 Å². The molecule has 298 valence electrons. The molecule has 6 rings (SSSR count). The number of aliphatic hydroxyl groups is 1. The van der Waals surface area contributed by atoms with Gasteiger partial charge in [0.2, 0.25) is 35.4 Å². The van der Waals surface area contributed by atoms with E-state index in [1.807, 2.05) is 0 Å². The molecule has 56 heavy (non-hydrogen) atoms. The highest BCUT2D eigenvalue weighted by molar-refractivity contribution is 5.98. The number of likely N-dealkylation sites (N-methyl/N-ethyl adjacent to an activating group) is 3. The smallest absolute Gasteiger partial charge is 0.248 e. The van der Waals surface area contributed by atoms with E-state index < -0.39 is 89.3 Å². The lowest BCUT2D eigenvalue weighted by Gasteiger charge is -2.38. The number of benzene rings is 3. The molecular weight excluding hydrogens is 728 g/mol. The van der Waals surface area contributed by atoms with Crippen molar-refractivity contribution in [2.24, 2.45) is 0 Å². The molecule has 0 saturated carbocycles. The average Bonchev–Trinajstić information content (AvgIpc) is 3.16. The van der Waals surface area contributed by atoms with Gasteiger partial charge >= 0.3 is 0 Å². The van der Waals surface area contributed by atoms with Gasteiger partial charge in [0.1, 0.15) is 48.1 Å². The van der Waals surface area contributed by atoms with E-state index in [4.69, 9.17) is 4.74 Å². The molecule has 3 aliphatic rings. The van der Waals surface area contributed by atoms with Crippen molar-refractivity contribution in [3.05, 3.63) is 77.4 Å².